The van der Waals surface area contributed by atoms with Crippen molar-refractivity contribution >= 4 is 0 Å². The Kier molecular flexibility index (Phi) is 2.90. The molecule has 1 heterocycles. The average Bonchev–Trinajstić information content (AvgIpc) is 2.15. The van der Waals surface area contributed by atoms with Crippen molar-refractivity contribution in [3.8, 4) is 6.07 Å². The van der Waals surface area contributed by atoms with Crippen LogP contribution in [-0.4, -0.2) is 4.98 Å². The number of nitrogens with zero attached hydrogens (tertiary/aromatic N) is 2. The lowest BCUT2D eigenvalue weighted by Crippen LogP contribution is -2.16. The van der Waals surface area contributed by atoms with Crippen molar-refractivity contribution in [2.75, 3.05) is 0 Å². The van der Waals surface area contributed by atoms with Crippen molar-refractivity contribution in [1.82, 2.24) is 4.98 Å². The van der Waals surface area contributed by atoms with Gasteiger partial charge in [-0.05, 0) is 18.6 Å². The molecular formula is C12H16N2. The molecule has 1 aromatic heterocycles. The Morgan fingerprint density at radius 1 is 1.36 bits per heavy atom. The molecule has 0 saturated heterocycles. The largest absolute Gasteiger partial charge is 0.256 e. The summed E-state index contributed by atoms with van der Waals surface area (Å²) in [4.78, 5) is 4.51. The van der Waals surface area contributed by atoms with Gasteiger partial charge in [0.25, 0.3) is 0 Å². The molecule has 0 spiro atoms. The van der Waals surface area contributed by atoms with Crippen LogP contribution in [0.1, 0.15) is 44.6 Å². The molecule has 0 aromatic carbocycles. The van der Waals surface area contributed by atoms with E-state index in [0.717, 1.165) is 17.8 Å². The summed E-state index contributed by atoms with van der Waals surface area (Å²) in [6.07, 6.45) is 0.911. The van der Waals surface area contributed by atoms with Crippen LogP contribution in [0.15, 0.2) is 12.1 Å². The van der Waals surface area contributed by atoms with Gasteiger partial charge >= 0.3 is 0 Å². The second kappa shape index (κ2) is 3.79. The Bertz CT molecular complexity index is 367. The average molecular weight is 188 g/mol. The minimum atomic E-state index is -0.0593. The van der Waals surface area contributed by atoms with Gasteiger partial charge in [-0.2, -0.15) is 5.26 Å². The summed E-state index contributed by atoms with van der Waals surface area (Å²) in [6.45, 7) is 8.31. The standard InChI is InChI=1S/C12H16N2/c1-5-10-7-6-9(8-13)11(14-10)12(2,3)4/h6-7H,5H2,1-4H3. The molecular weight excluding hydrogens is 172 g/mol. The quantitative estimate of drug-likeness (QED) is 0.679. The summed E-state index contributed by atoms with van der Waals surface area (Å²) in [5.74, 6) is 0. The van der Waals surface area contributed by atoms with E-state index in [1.54, 1.807) is 0 Å². The van der Waals surface area contributed by atoms with E-state index in [9.17, 15) is 0 Å². The zero-order chi connectivity index (χ0) is 10.8. The molecule has 1 aromatic rings. The van der Waals surface area contributed by atoms with Crippen LogP contribution in [0.25, 0.3) is 0 Å². The lowest BCUT2D eigenvalue weighted by atomic mass is 9.88. The molecule has 0 fully saturated rings. The molecule has 0 unspecified atom stereocenters. The number of hydrogen-bond acceptors (Lipinski definition) is 2. The van der Waals surface area contributed by atoms with Gasteiger partial charge in [-0.25, -0.2) is 0 Å². The topological polar surface area (TPSA) is 36.7 Å². The van der Waals surface area contributed by atoms with Gasteiger partial charge in [-0.1, -0.05) is 27.7 Å². The first-order chi connectivity index (χ1) is 6.49. The van der Waals surface area contributed by atoms with Gasteiger partial charge in [0.1, 0.15) is 6.07 Å². The zero-order valence-corrected chi connectivity index (χ0v) is 9.26. The van der Waals surface area contributed by atoms with Gasteiger partial charge < -0.3 is 0 Å². The molecule has 14 heavy (non-hydrogen) atoms. The summed E-state index contributed by atoms with van der Waals surface area (Å²) in [6, 6.07) is 5.98. The van der Waals surface area contributed by atoms with E-state index in [2.05, 4.69) is 38.7 Å². The molecule has 2 heteroatoms. The molecule has 0 aliphatic carbocycles. The first kappa shape index (κ1) is 10.7. The van der Waals surface area contributed by atoms with E-state index in [1.165, 1.54) is 0 Å². The summed E-state index contributed by atoms with van der Waals surface area (Å²) in [5.41, 5.74) is 2.58. The molecule has 0 N–H and O–H groups in total. The van der Waals surface area contributed by atoms with Crippen molar-refractivity contribution in [1.29, 1.82) is 5.26 Å². The molecule has 0 saturated carbocycles. The number of aryl methyl sites for hydroxylation is 1. The van der Waals surface area contributed by atoms with Gasteiger partial charge in [0.05, 0.1) is 11.3 Å². The third-order valence-corrected chi connectivity index (χ3v) is 2.15. The Balaban J connectivity index is 3.31. The van der Waals surface area contributed by atoms with Crippen LogP contribution < -0.4 is 0 Å². The summed E-state index contributed by atoms with van der Waals surface area (Å²) >= 11 is 0. The molecule has 0 aliphatic rings. The summed E-state index contributed by atoms with van der Waals surface area (Å²) in [5, 5.41) is 8.96. The number of pyridine rings is 1. The van der Waals surface area contributed by atoms with Gasteiger partial charge in [0.2, 0.25) is 0 Å². The van der Waals surface area contributed by atoms with Gasteiger partial charge in [-0.15, -0.1) is 0 Å². The maximum absolute atomic E-state index is 8.96. The van der Waals surface area contributed by atoms with Crippen molar-refractivity contribution in [3.05, 3.63) is 29.1 Å². The lowest BCUT2D eigenvalue weighted by Gasteiger charge is -2.19. The van der Waals surface area contributed by atoms with E-state index in [-0.39, 0.29) is 5.41 Å². The molecule has 2 nitrogen and oxygen atoms in total. The van der Waals surface area contributed by atoms with Gasteiger partial charge in [0.15, 0.2) is 0 Å². The fraction of sp³-hybridized carbons (Fsp3) is 0.500. The first-order valence-electron chi connectivity index (χ1n) is 4.89. The second-order valence-electron chi connectivity index (χ2n) is 4.41. The fourth-order valence-electron chi connectivity index (χ4n) is 1.36. The number of hydrogen-bond donors (Lipinski definition) is 0. The van der Waals surface area contributed by atoms with E-state index < -0.39 is 0 Å². The molecule has 0 radical (unpaired) electrons. The van der Waals surface area contributed by atoms with Crippen LogP contribution in [0.4, 0.5) is 0 Å². The van der Waals surface area contributed by atoms with E-state index in [4.69, 9.17) is 5.26 Å². The monoisotopic (exact) mass is 188 g/mol. The van der Waals surface area contributed by atoms with Crippen LogP contribution >= 0.6 is 0 Å². The van der Waals surface area contributed by atoms with E-state index in [0.29, 0.717) is 5.56 Å². The zero-order valence-electron chi connectivity index (χ0n) is 9.26. The maximum atomic E-state index is 8.96. The van der Waals surface area contributed by atoms with E-state index >= 15 is 0 Å². The number of aromatic nitrogens is 1. The smallest absolute Gasteiger partial charge is 0.101 e. The Hall–Kier alpha value is -1.36. The predicted molar refractivity (Wildman–Crippen MR) is 57.0 cm³/mol. The highest BCUT2D eigenvalue weighted by Crippen LogP contribution is 2.23. The van der Waals surface area contributed by atoms with Crippen LogP contribution in [0.5, 0.6) is 0 Å². The maximum Gasteiger partial charge on any atom is 0.101 e. The highest BCUT2D eigenvalue weighted by molar-refractivity contribution is 5.37. The Morgan fingerprint density at radius 2 is 2.00 bits per heavy atom. The van der Waals surface area contributed by atoms with Crippen LogP contribution in [0.3, 0.4) is 0 Å². The SMILES string of the molecule is CCc1ccc(C#N)c(C(C)(C)C)n1. The normalized spacial score (nSPS) is 11.1. The van der Waals surface area contributed by atoms with Crippen molar-refractivity contribution in [2.45, 2.75) is 39.5 Å². The Labute approximate surface area is 85.6 Å². The van der Waals surface area contributed by atoms with E-state index in [1.807, 2.05) is 12.1 Å². The third-order valence-electron chi connectivity index (χ3n) is 2.15. The second-order valence-corrected chi connectivity index (χ2v) is 4.41. The summed E-state index contributed by atoms with van der Waals surface area (Å²) in [7, 11) is 0. The van der Waals surface area contributed by atoms with Crippen LogP contribution in [0.2, 0.25) is 0 Å². The fourth-order valence-corrected chi connectivity index (χ4v) is 1.36. The van der Waals surface area contributed by atoms with Crippen LogP contribution in [0, 0.1) is 11.3 Å². The highest BCUT2D eigenvalue weighted by atomic mass is 14.7. The van der Waals surface area contributed by atoms with Crippen LogP contribution in [-0.2, 0) is 11.8 Å². The molecule has 0 atom stereocenters. The first-order valence-corrected chi connectivity index (χ1v) is 4.89. The lowest BCUT2D eigenvalue weighted by molar-refractivity contribution is 0.564. The minimum Gasteiger partial charge on any atom is -0.256 e. The van der Waals surface area contributed by atoms with Gasteiger partial charge in [-0.3, -0.25) is 4.98 Å². The van der Waals surface area contributed by atoms with Crippen molar-refractivity contribution in [3.63, 3.8) is 0 Å². The Morgan fingerprint density at radius 3 is 2.43 bits per heavy atom. The molecule has 74 valence electrons. The third kappa shape index (κ3) is 2.11. The van der Waals surface area contributed by atoms with Crippen molar-refractivity contribution < 1.29 is 0 Å². The molecule has 0 amide bonds. The predicted octanol–water partition coefficient (Wildman–Crippen LogP) is 2.81. The number of nitriles is 1. The highest BCUT2D eigenvalue weighted by Gasteiger charge is 2.19. The van der Waals surface area contributed by atoms with Crippen molar-refractivity contribution in [2.24, 2.45) is 0 Å². The molecule has 0 bridgehead atoms. The van der Waals surface area contributed by atoms with Gasteiger partial charge in [0, 0.05) is 11.1 Å². The molecule has 1 rings (SSSR count). The number of rotatable bonds is 1. The molecule has 0 aliphatic heterocycles. The summed E-state index contributed by atoms with van der Waals surface area (Å²) < 4.78 is 0. The minimum absolute atomic E-state index is 0.0593.